The molecule has 0 heterocycles. The topological polar surface area (TPSA) is 52.5 Å². The summed E-state index contributed by atoms with van der Waals surface area (Å²) in [5.74, 6) is 0. The molecule has 0 aromatic heterocycles. The number of hydrogen-bond donors (Lipinski definition) is 3. The van der Waals surface area contributed by atoms with Gasteiger partial charge < -0.3 is 10.2 Å². The van der Waals surface area contributed by atoms with Crippen LogP contribution < -0.4 is 5.32 Å². The predicted octanol–water partition coefficient (Wildman–Crippen LogP) is 0.0869. The van der Waals surface area contributed by atoms with E-state index in [-0.39, 0.29) is 6.61 Å². The number of aliphatic hydroxyl groups is 2. The van der Waals surface area contributed by atoms with E-state index in [1.165, 1.54) is 0 Å². The summed E-state index contributed by atoms with van der Waals surface area (Å²) in [4.78, 5) is 0. The van der Waals surface area contributed by atoms with Gasteiger partial charge in [-0.1, -0.05) is 30.3 Å². The fraction of sp³-hybridized carbons (Fsp3) is 0.333. The van der Waals surface area contributed by atoms with Crippen LogP contribution >= 0.6 is 0 Å². The lowest BCUT2D eigenvalue weighted by Gasteiger charge is -2.08. The Labute approximate surface area is 71.7 Å². The maximum Gasteiger partial charge on any atom is 0.128 e. The van der Waals surface area contributed by atoms with E-state index >= 15 is 0 Å². The van der Waals surface area contributed by atoms with Gasteiger partial charge in [0.15, 0.2) is 0 Å². The van der Waals surface area contributed by atoms with Crippen LogP contribution in [0.3, 0.4) is 0 Å². The van der Waals surface area contributed by atoms with Gasteiger partial charge in [0.25, 0.3) is 0 Å². The van der Waals surface area contributed by atoms with Gasteiger partial charge in [-0.3, -0.25) is 5.32 Å². The lowest BCUT2D eigenvalue weighted by Crippen LogP contribution is -2.31. The summed E-state index contributed by atoms with van der Waals surface area (Å²) >= 11 is 0. The summed E-state index contributed by atoms with van der Waals surface area (Å²) in [5.41, 5.74) is 1.09. The van der Waals surface area contributed by atoms with Gasteiger partial charge in [0, 0.05) is 6.54 Å². The highest BCUT2D eigenvalue weighted by Gasteiger charge is 1.98. The molecule has 0 aliphatic carbocycles. The molecule has 1 unspecified atom stereocenters. The van der Waals surface area contributed by atoms with Crippen LogP contribution in [-0.2, 0) is 6.54 Å². The normalized spacial score (nSPS) is 12.8. The van der Waals surface area contributed by atoms with Crippen molar-refractivity contribution in [3.63, 3.8) is 0 Å². The Kier molecular flexibility index (Phi) is 3.73. The molecular formula is C9H13NO2. The minimum absolute atomic E-state index is 0.257. The van der Waals surface area contributed by atoms with Crippen molar-refractivity contribution < 1.29 is 10.2 Å². The van der Waals surface area contributed by atoms with E-state index in [9.17, 15) is 0 Å². The maximum absolute atomic E-state index is 8.96. The quantitative estimate of drug-likeness (QED) is 0.557. The molecule has 1 aromatic carbocycles. The highest BCUT2D eigenvalue weighted by atomic mass is 16.3. The Morgan fingerprint density at radius 2 is 1.92 bits per heavy atom. The van der Waals surface area contributed by atoms with Gasteiger partial charge in [0.1, 0.15) is 6.23 Å². The molecule has 0 saturated heterocycles. The largest absolute Gasteiger partial charge is 0.392 e. The zero-order chi connectivity index (χ0) is 8.81. The molecule has 0 amide bonds. The molecule has 66 valence electrons. The van der Waals surface area contributed by atoms with Crippen LogP contribution in [0, 0.1) is 0 Å². The Bertz CT molecular complexity index is 213. The molecule has 3 N–H and O–H groups in total. The Hall–Kier alpha value is -0.900. The van der Waals surface area contributed by atoms with Crippen molar-refractivity contribution in [3.05, 3.63) is 35.9 Å². The van der Waals surface area contributed by atoms with E-state index in [1.807, 2.05) is 30.3 Å². The molecule has 3 heteroatoms. The van der Waals surface area contributed by atoms with Crippen LogP contribution in [-0.4, -0.2) is 23.0 Å². The molecule has 1 rings (SSSR count). The number of rotatable bonds is 4. The third kappa shape index (κ3) is 3.00. The minimum Gasteiger partial charge on any atom is -0.392 e. The molecule has 0 radical (unpaired) electrons. The van der Waals surface area contributed by atoms with Crippen molar-refractivity contribution in [2.75, 3.05) is 6.61 Å². The van der Waals surface area contributed by atoms with E-state index < -0.39 is 6.23 Å². The van der Waals surface area contributed by atoms with E-state index in [2.05, 4.69) is 5.32 Å². The molecule has 0 saturated carbocycles. The summed E-state index contributed by atoms with van der Waals surface area (Å²) in [6, 6.07) is 9.71. The van der Waals surface area contributed by atoms with E-state index in [0.29, 0.717) is 6.54 Å². The highest BCUT2D eigenvalue weighted by molar-refractivity contribution is 5.14. The highest BCUT2D eigenvalue weighted by Crippen LogP contribution is 1.97. The fourth-order valence-electron chi connectivity index (χ4n) is 0.896. The second-order valence-electron chi connectivity index (χ2n) is 2.56. The molecule has 0 spiro atoms. The van der Waals surface area contributed by atoms with Gasteiger partial charge in [-0.05, 0) is 5.56 Å². The Balaban J connectivity index is 2.33. The first kappa shape index (κ1) is 9.19. The first-order valence-corrected chi connectivity index (χ1v) is 3.89. The van der Waals surface area contributed by atoms with E-state index in [1.54, 1.807) is 0 Å². The average Bonchev–Trinajstić information content (AvgIpc) is 2.16. The summed E-state index contributed by atoms with van der Waals surface area (Å²) in [5, 5.41) is 20.2. The Morgan fingerprint density at radius 3 is 2.50 bits per heavy atom. The number of benzene rings is 1. The first-order valence-electron chi connectivity index (χ1n) is 3.89. The van der Waals surface area contributed by atoms with Crippen molar-refractivity contribution in [1.82, 2.24) is 5.32 Å². The summed E-state index contributed by atoms with van der Waals surface area (Å²) in [6.07, 6.45) is -0.829. The van der Waals surface area contributed by atoms with Crippen LogP contribution in [0.25, 0.3) is 0 Å². The second-order valence-corrected chi connectivity index (χ2v) is 2.56. The van der Waals surface area contributed by atoms with E-state index in [0.717, 1.165) is 5.56 Å². The lowest BCUT2D eigenvalue weighted by atomic mass is 10.2. The first-order chi connectivity index (χ1) is 5.83. The zero-order valence-electron chi connectivity index (χ0n) is 6.77. The minimum atomic E-state index is -0.829. The predicted molar refractivity (Wildman–Crippen MR) is 46.4 cm³/mol. The van der Waals surface area contributed by atoms with Gasteiger partial charge in [-0.15, -0.1) is 0 Å². The summed E-state index contributed by atoms with van der Waals surface area (Å²) < 4.78 is 0. The van der Waals surface area contributed by atoms with Crippen LogP contribution in [0.15, 0.2) is 30.3 Å². The molecule has 3 nitrogen and oxygen atoms in total. The van der Waals surface area contributed by atoms with Gasteiger partial charge in [-0.2, -0.15) is 0 Å². The molecule has 12 heavy (non-hydrogen) atoms. The smallest absolute Gasteiger partial charge is 0.128 e. The molecule has 0 fully saturated rings. The monoisotopic (exact) mass is 167 g/mol. The van der Waals surface area contributed by atoms with Crippen LogP contribution in [0.4, 0.5) is 0 Å². The fourth-order valence-corrected chi connectivity index (χ4v) is 0.896. The van der Waals surface area contributed by atoms with Gasteiger partial charge >= 0.3 is 0 Å². The van der Waals surface area contributed by atoms with Crippen molar-refractivity contribution in [2.45, 2.75) is 12.8 Å². The SMILES string of the molecule is OCC(O)NCc1ccccc1. The van der Waals surface area contributed by atoms with Crippen LogP contribution in [0.5, 0.6) is 0 Å². The van der Waals surface area contributed by atoms with E-state index in [4.69, 9.17) is 10.2 Å². The molecule has 0 aliphatic heterocycles. The molecule has 0 bridgehead atoms. The van der Waals surface area contributed by atoms with Gasteiger partial charge in [0.2, 0.25) is 0 Å². The lowest BCUT2D eigenvalue weighted by molar-refractivity contribution is 0.0666. The second kappa shape index (κ2) is 4.87. The Morgan fingerprint density at radius 1 is 1.25 bits per heavy atom. The van der Waals surface area contributed by atoms with Crippen molar-refractivity contribution in [2.24, 2.45) is 0 Å². The van der Waals surface area contributed by atoms with Crippen molar-refractivity contribution in [3.8, 4) is 0 Å². The van der Waals surface area contributed by atoms with Crippen LogP contribution in [0.1, 0.15) is 5.56 Å². The average molecular weight is 167 g/mol. The third-order valence-corrected chi connectivity index (χ3v) is 1.56. The zero-order valence-corrected chi connectivity index (χ0v) is 6.77. The molecule has 1 atom stereocenters. The number of hydrogen-bond acceptors (Lipinski definition) is 3. The number of nitrogens with one attached hydrogen (secondary N) is 1. The maximum atomic E-state index is 8.96. The van der Waals surface area contributed by atoms with Gasteiger partial charge in [-0.25, -0.2) is 0 Å². The molecule has 1 aromatic rings. The van der Waals surface area contributed by atoms with Crippen LogP contribution in [0.2, 0.25) is 0 Å². The van der Waals surface area contributed by atoms with Gasteiger partial charge in [0.05, 0.1) is 6.61 Å². The number of aliphatic hydroxyl groups excluding tert-OH is 2. The molecule has 0 aliphatic rings. The summed E-state index contributed by atoms with van der Waals surface area (Å²) in [6.45, 7) is 0.315. The van der Waals surface area contributed by atoms with Crippen molar-refractivity contribution >= 4 is 0 Å². The standard InChI is InChI=1S/C9H13NO2/c11-7-9(12)10-6-8-4-2-1-3-5-8/h1-5,9-12H,6-7H2. The third-order valence-electron chi connectivity index (χ3n) is 1.56. The molecular weight excluding hydrogens is 154 g/mol. The summed E-state index contributed by atoms with van der Waals surface area (Å²) in [7, 11) is 0. The van der Waals surface area contributed by atoms with Crippen molar-refractivity contribution in [1.29, 1.82) is 0 Å².